The fourth-order valence-electron chi connectivity index (χ4n) is 5.84. The summed E-state index contributed by atoms with van der Waals surface area (Å²) in [6, 6.07) is 15.3. The first-order valence-corrected chi connectivity index (χ1v) is 12.7. The molecule has 3 aromatic rings. The molecule has 0 spiro atoms. The van der Waals surface area contributed by atoms with Crippen LogP contribution in [0.3, 0.4) is 0 Å². The normalized spacial score (nSPS) is 19.4. The number of hydrogen-bond acceptors (Lipinski definition) is 4. The van der Waals surface area contributed by atoms with Crippen LogP contribution in [0.4, 0.5) is 0 Å². The van der Waals surface area contributed by atoms with Crippen molar-refractivity contribution in [2.75, 3.05) is 6.54 Å². The summed E-state index contributed by atoms with van der Waals surface area (Å²) in [6.07, 6.45) is 12.8. The van der Waals surface area contributed by atoms with Gasteiger partial charge in [-0.1, -0.05) is 49.6 Å². The van der Waals surface area contributed by atoms with E-state index in [1.165, 1.54) is 43.4 Å². The van der Waals surface area contributed by atoms with Gasteiger partial charge in [-0.05, 0) is 55.4 Å². The van der Waals surface area contributed by atoms with E-state index in [4.69, 9.17) is 0 Å². The van der Waals surface area contributed by atoms with Gasteiger partial charge in [-0.3, -0.25) is 14.5 Å². The molecule has 2 heterocycles. The molecule has 5 rings (SSSR count). The van der Waals surface area contributed by atoms with Gasteiger partial charge in [0, 0.05) is 55.2 Å². The highest BCUT2D eigenvalue weighted by Gasteiger charge is 2.35. The molecule has 34 heavy (non-hydrogen) atoms. The van der Waals surface area contributed by atoms with E-state index in [2.05, 4.69) is 51.0 Å². The Kier molecular flexibility index (Phi) is 6.77. The lowest BCUT2D eigenvalue weighted by atomic mass is 9.69. The third kappa shape index (κ3) is 4.78. The van der Waals surface area contributed by atoms with Gasteiger partial charge >= 0.3 is 0 Å². The average Bonchev–Trinajstić information content (AvgIpc) is 3.23. The van der Waals surface area contributed by atoms with Crippen molar-refractivity contribution in [1.29, 1.82) is 0 Å². The number of aryl methyl sites for hydroxylation is 1. The number of fused-ring (bicyclic) bond motifs is 1. The van der Waals surface area contributed by atoms with Crippen LogP contribution < -0.4 is 10.6 Å². The fourth-order valence-corrected chi connectivity index (χ4v) is 5.84. The molecule has 6 nitrogen and oxygen atoms in total. The predicted octanol–water partition coefficient (Wildman–Crippen LogP) is 4.09. The Balaban J connectivity index is 1.27. The molecule has 1 atom stereocenters. The molecule has 2 aliphatic carbocycles. The quantitative estimate of drug-likeness (QED) is 0.561. The summed E-state index contributed by atoms with van der Waals surface area (Å²) in [5.74, 6) is -0.0950. The lowest BCUT2D eigenvalue weighted by molar-refractivity contribution is 0.0944. The Hall–Kier alpha value is -2.99. The molecule has 0 bridgehead atoms. The molecule has 1 unspecified atom stereocenters. The van der Waals surface area contributed by atoms with Crippen LogP contribution in [0.15, 0.2) is 54.9 Å². The largest absolute Gasteiger partial charge is 0.347 e. The van der Waals surface area contributed by atoms with Crippen molar-refractivity contribution in [3.05, 3.63) is 82.9 Å². The van der Waals surface area contributed by atoms with Crippen LogP contribution in [-0.4, -0.2) is 33.3 Å². The Bertz CT molecular complexity index is 1100. The highest BCUT2D eigenvalue weighted by Crippen LogP contribution is 2.39. The standard InChI is InChI=1S/C28H35N5O/c1-33-25-11-10-23(31-20-28(14-6-3-7-15-28)22-8-4-2-5-9-22)18-24(25)26(32-33)27(34)30-19-21-12-16-29-17-13-21/h2,4-5,8-9,12-13,16-17,23,31H,3,6-7,10-11,14-15,18-20H2,1H3,(H,30,34). The second-order valence-electron chi connectivity index (χ2n) is 9.96. The molecule has 178 valence electrons. The van der Waals surface area contributed by atoms with E-state index in [0.29, 0.717) is 18.3 Å². The first kappa shape index (κ1) is 22.8. The van der Waals surface area contributed by atoms with Gasteiger partial charge in [0.25, 0.3) is 5.91 Å². The third-order valence-corrected chi connectivity index (χ3v) is 7.80. The van der Waals surface area contributed by atoms with Gasteiger partial charge in [-0.25, -0.2) is 0 Å². The van der Waals surface area contributed by atoms with Crippen LogP contribution in [0.2, 0.25) is 0 Å². The van der Waals surface area contributed by atoms with Crippen LogP contribution in [0, 0.1) is 0 Å². The average molecular weight is 458 g/mol. The highest BCUT2D eigenvalue weighted by molar-refractivity contribution is 5.94. The van der Waals surface area contributed by atoms with Gasteiger partial charge in [0.15, 0.2) is 5.69 Å². The van der Waals surface area contributed by atoms with Crippen molar-refractivity contribution in [2.45, 2.75) is 69.4 Å². The lowest BCUT2D eigenvalue weighted by Crippen LogP contribution is -2.45. The lowest BCUT2D eigenvalue weighted by Gasteiger charge is -2.40. The van der Waals surface area contributed by atoms with Crippen molar-refractivity contribution < 1.29 is 4.79 Å². The number of pyridine rings is 1. The topological polar surface area (TPSA) is 71.8 Å². The van der Waals surface area contributed by atoms with Crippen molar-refractivity contribution >= 4 is 5.91 Å². The Morgan fingerprint density at radius 2 is 1.85 bits per heavy atom. The third-order valence-electron chi connectivity index (χ3n) is 7.80. The number of hydrogen-bond donors (Lipinski definition) is 2. The monoisotopic (exact) mass is 457 g/mol. The second kappa shape index (κ2) is 10.1. The predicted molar refractivity (Wildman–Crippen MR) is 134 cm³/mol. The van der Waals surface area contributed by atoms with Gasteiger partial charge < -0.3 is 10.6 Å². The summed E-state index contributed by atoms with van der Waals surface area (Å²) in [7, 11) is 1.96. The fraction of sp³-hybridized carbons (Fsp3) is 0.464. The highest BCUT2D eigenvalue weighted by atomic mass is 16.1. The van der Waals surface area contributed by atoms with Gasteiger partial charge in [-0.15, -0.1) is 0 Å². The number of carbonyl (C=O) groups is 1. The van der Waals surface area contributed by atoms with Crippen molar-refractivity contribution in [3.8, 4) is 0 Å². The Morgan fingerprint density at radius 1 is 1.09 bits per heavy atom. The molecule has 1 fully saturated rings. The zero-order chi connectivity index (χ0) is 23.4. The van der Waals surface area contributed by atoms with Gasteiger partial charge in [0.2, 0.25) is 0 Å². The maximum atomic E-state index is 13.0. The Labute approximate surface area is 202 Å². The van der Waals surface area contributed by atoms with Crippen LogP contribution in [0.5, 0.6) is 0 Å². The van der Waals surface area contributed by atoms with E-state index in [-0.39, 0.29) is 11.3 Å². The number of carbonyl (C=O) groups excluding carboxylic acids is 1. The van der Waals surface area contributed by atoms with Crippen LogP contribution >= 0.6 is 0 Å². The molecular formula is C28H35N5O. The molecular weight excluding hydrogens is 422 g/mol. The van der Waals surface area contributed by atoms with Crippen molar-refractivity contribution in [2.24, 2.45) is 7.05 Å². The molecule has 1 saturated carbocycles. The minimum absolute atomic E-state index is 0.0950. The van der Waals surface area contributed by atoms with E-state index >= 15 is 0 Å². The van der Waals surface area contributed by atoms with E-state index in [1.54, 1.807) is 12.4 Å². The number of nitrogens with zero attached hydrogens (tertiary/aromatic N) is 3. The summed E-state index contributed by atoms with van der Waals surface area (Å²) in [5.41, 5.74) is 5.61. The first-order chi connectivity index (χ1) is 16.6. The van der Waals surface area contributed by atoms with Gasteiger partial charge in [0.05, 0.1) is 0 Å². The Morgan fingerprint density at radius 3 is 2.62 bits per heavy atom. The second-order valence-corrected chi connectivity index (χ2v) is 9.96. The van der Waals surface area contributed by atoms with E-state index < -0.39 is 0 Å². The zero-order valence-electron chi connectivity index (χ0n) is 20.1. The number of nitrogens with one attached hydrogen (secondary N) is 2. The number of rotatable bonds is 7. The van der Waals surface area contributed by atoms with Crippen molar-refractivity contribution in [1.82, 2.24) is 25.4 Å². The number of amides is 1. The molecule has 1 amide bonds. The van der Waals surface area contributed by atoms with Gasteiger partial charge in [-0.2, -0.15) is 5.10 Å². The molecule has 1 aromatic carbocycles. The summed E-state index contributed by atoms with van der Waals surface area (Å²) < 4.78 is 1.90. The molecule has 0 aliphatic heterocycles. The minimum Gasteiger partial charge on any atom is -0.347 e. The van der Waals surface area contributed by atoms with Crippen molar-refractivity contribution in [3.63, 3.8) is 0 Å². The first-order valence-electron chi connectivity index (χ1n) is 12.7. The maximum Gasteiger partial charge on any atom is 0.272 e. The maximum absolute atomic E-state index is 13.0. The van der Waals surface area contributed by atoms with Crippen LogP contribution in [0.25, 0.3) is 0 Å². The van der Waals surface area contributed by atoms with E-state index in [9.17, 15) is 4.79 Å². The molecule has 2 N–H and O–H groups in total. The van der Waals surface area contributed by atoms with Gasteiger partial charge in [0.1, 0.15) is 0 Å². The SMILES string of the molecule is Cn1nc(C(=O)NCc2ccncc2)c2c1CCC(NCC1(c3ccccc3)CCCCC1)C2. The van der Waals surface area contributed by atoms with E-state index in [1.807, 2.05) is 23.9 Å². The molecule has 0 saturated heterocycles. The number of benzene rings is 1. The molecule has 6 heteroatoms. The molecule has 0 radical (unpaired) electrons. The summed E-state index contributed by atoms with van der Waals surface area (Å²) in [6.45, 7) is 1.48. The molecule has 2 aliphatic rings. The summed E-state index contributed by atoms with van der Waals surface area (Å²) >= 11 is 0. The van der Waals surface area contributed by atoms with E-state index in [0.717, 1.165) is 36.9 Å². The molecule has 2 aromatic heterocycles. The summed E-state index contributed by atoms with van der Waals surface area (Å²) in [5, 5.41) is 11.6. The minimum atomic E-state index is -0.0950. The zero-order valence-corrected chi connectivity index (χ0v) is 20.1. The summed E-state index contributed by atoms with van der Waals surface area (Å²) in [4.78, 5) is 17.1. The van der Waals surface area contributed by atoms with Crippen LogP contribution in [-0.2, 0) is 31.8 Å². The smallest absolute Gasteiger partial charge is 0.272 e. The number of aromatic nitrogens is 3. The van der Waals surface area contributed by atoms with Crippen LogP contribution in [0.1, 0.15) is 71.4 Å².